The van der Waals surface area contributed by atoms with Gasteiger partial charge in [-0.3, -0.25) is 11.3 Å². The topological polar surface area (TPSA) is 47.3 Å². The molecule has 0 aromatic heterocycles. The quantitative estimate of drug-likeness (QED) is 0.594. The van der Waals surface area contributed by atoms with Gasteiger partial charge in [0.25, 0.3) is 0 Å². The lowest BCUT2D eigenvalue weighted by Crippen LogP contribution is -2.36. The Morgan fingerprint density at radius 3 is 2.86 bits per heavy atom. The lowest BCUT2D eigenvalue weighted by Gasteiger charge is -2.12. The van der Waals surface area contributed by atoms with Crippen molar-refractivity contribution in [3.05, 3.63) is 28.8 Å². The van der Waals surface area contributed by atoms with Gasteiger partial charge in [-0.25, -0.2) is 0 Å². The first kappa shape index (κ1) is 11.3. The molecule has 0 aliphatic rings. The second-order valence-corrected chi connectivity index (χ2v) is 3.70. The average Bonchev–Trinajstić information content (AvgIpc) is 2.19. The van der Waals surface area contributed by atoms with Crippen LogP contribution in [0.2, 0.25) is 5.02 Å². The van der Waals surface area contributed by atoms with Gasteiger partial charge < -0.3 is 4.74 Å². The molecule has 3 N–H and O–H groups in total. The van der Waals surface area contributed by atoms with E-state index in [2.05, 4.69) is 5.43 Å². The fourth-order valence-corrected chi connectivity index (χ4v) is 1.09. The molecular weight excluding hydrogens is 200 g/mol. The van der Waals surface area contributed by atoms with Gasteiger partial charge in [-0.15, -0.1) is 0 Å². The van der Waals surface area contributed by atoms with Crippen LogP contribution in [0.4, 0.5) is 0 Å². The number of nitrogens with one attached hydrogen (secondary N) is 1. The molecule has 0 saturated carbocycles. The van der Waals surface area contributed by atoms with Crippen molar-refractivity contribution < 1.29 is 4.74 Å². The fourth-order valence-electron chi connectivity index (χ4n) is 0.976. The van der Waals surface area contributed by atoms with E-state index in [9.17, 15) is 0 Å². The molecule has 0 aliphatic carbocycles. The SMILES string of the molecule is Cc1cc(OCC(C)NN)ccc1Cl. The van der Waals surface area contributed by atoms with Crippen molar-refractivity contribution in [3.63, 3.8) is 0 Å². The number of aryl methyl sites for hydroxylation is 1. The molecule has 1 aromatic rings. The highest BCUT2D eigenvalue weighted by molar-refractivity contribution is 6.31. The summed E-state index contributed by atoms with van der Waals surface area (Å²) in [6, 6.07) is 5.71. The van der Waals surface area contributed by atoms with E-state index in [1.54, 1.807) is 0 Å². The minimum Gasteiger partial charge on any atom is -0.492 e. The lowest BCUT2D eigenvalue weighted by molar-refractivity contribution is 0.274. The van der Waals surface area contributed by atoms with Gasteiger partial charge in [-0.2, -0.15) is 0 Å². The molecule has 0 radical (unpaired) electrons. The highest BCUT2D eigenvalue weighted by atomic mass is 35.5. The minimum atomic E-state index is 0.131. The summed E-state index contributed by atoms with van der Waals surface area (Å²) in [5.41, 5.74) is 3.62. The van der Waals surface area contributed by atoms with E-state index in [4.69, 9.17) is 22.2 Å². The Balaban J connectivity index is 2.55. The van der Waals surface area contributed by atoms with Crippen LogP contribution in [0.1, 0.15) is 12.5 Å². The molecule has 1 aromatic carbocycles. The maximum Gasteiger partial charge on any atom is 0.119 e. The van der Waals surface area contributed by atoms with Gasteiger partial charge in [0, 0.05) is 5.02 Å². The zero-order valence-corrected chi connectivity index (χ0v) is 9.14. The van der Waals surface area contributed by atoms with Crippen molar-refractivity contribution in [2.75, 3.05) is 6.61 Å². The number of hydrogen-bond acceptors (Lipinski definition) is 3. The third-order valence-electron chi connectivity index (χ3n) is 1.91. The summed E-state index contributed by atoms with van der Waals surface area (Å²) < 4.78 is 5.49. The summed E-state index contributed by atoms with van der Waals surface area (Å²) in [4.78, 5) is 0. The van der Waals surface area contributed by atoms with Crippen molar-refractivity contribution in [1.82, 2.24) is 5.43 Å². The number of benzene rings is 1. The Labute approximate surface area is 89.2 Å². The third kappa shape index (κ3) is 3.18. The first-order chi connectivity index (χ1) is 6.63. The monoisotopic (exact) mass is 214 g/mol. The Morgan fingerprint density at radius 2 is 2.29 bits per heavy atom. The first-order valence-corrected chi connectivity index (χ1v) is 4.86. The molecule has 0 spiro atoms. The van der Waals surface area contributed by atoms with E-state index < -0.39 is 0 Å². The van der Waals surface area contributed by atoms with Crippen LogP contribution in [0.25, 0.3) is 0 Å². The van der Waals surface area contributed by atoms with E-state index in [1.165, 1.54) is 0 Å². The van der Waals surface area contributed by atoms with Crippen LogP contribution in [-0.4, -0.2) is 12.6 Å². The van der Waals surface area contributed by atoms with Gasteiger partial charge >= 0.3 is 0 Å². The van der Waals surface area contributed by atoms with Gasteiger partial charge in [0.05, 0.1) is 6.04 Å². The van der Waals surface area contributed by atoms with Crippen molar-refractivity contribution in [3.8, 4) is 5.75 Å². The number of ether oxygens (including phenoxy) is 1. The van der Waals surface area contributed by atoms with Crippen LogP contribution in [0.15, 0.2) is 18.2 Å². The first-order valence-electron chi connectivity index (χ1n) is 4.48. The van der Waals surface area contributed by atoms with Crippen LogP contribution in [0, 0.1) is 6.92 Å². The van der Waals surface area contributed by atoms with E-state index in [0.717, 1.165) is 16.3 Å². The molecule has 0 aliphatic heterocycles. The molecule has 1 unspecified atom stereocenters. The average molecular weight is 215 g/mol. The van der Waals surface area contributed by atoms with Crippen LogP contribution in [0.3, 0.4) is 0 Å². The number of rotatable bonds is 4. The Kier molecular flexibility index (Phi) is 4.20. The van der Waals surface area contributed by atoms with Gasteiger partial charge in [0.15, 0.2) is 0 Å². The van der Waals surface area contributed by atoms with Crippen molar-refractivity contribution in [2.45, 2.75) is 19.9 Å². The highest BCUT2D eigenvalue weighted by Gasteiger charge is 2.01. The zero-order chi connectivity index (χ0) is 10.6. The molecule has 0 fully saturated rings. The molecular formula is C10H15ClN2O. The van der Waals surface area contributed by atoms with Crippen molar-refractivity contribution in [2.24, 2.45) is 5.84 Å². The van der Waals surface area contributed by atoms with Crippen LogP contribution < -0.4 is 16.0 Å². The van der Waals surface area contributed by atoms with E-state index in [-0.39, 0.29) is 6.04 Å². The normalized spacial score (nSPS) is 12.6. The number of halogens is 1. The molecule has 0 saturated heterocycles. The number of nitrogens with two attached hydrogens (primary N) is 1. The summed E-state index contributed by atoms with van der Waals surface area (Å²) in [5, 5.41) is 0.752. The fraction of sp³-hybridized carbons (Fsp3) is 0.400. The van der Waals surface area contributed by atoms with Crippen molar-refractivity contribution in [1.29, 1.82) is 0 Å². The predicted octanol–water partition coefficient (Wildman–Crippen LogP) is 1.88. The molecule has 1 atom stereocenters. The van der Waals surface area contributed by atoms with Gasteiger partial charge in [0.1, 0.15) is 12.4 Å². The molecule has 1 rings (SSSR count). The standard InChI is InChI=1S/C10H15ClN2O/c1-7-5-9(3-4-10(7)11)14-6-8(2)13-12/h3-5,8,13H,6,12H2,1-2H3. The smallest absolute Gasteiger partial charge is 0.119 e. The van der Waals surface area contributed by atoms with Gasteiger partial charge in [-0.05, 0) is 37.6 Å². The summed E-state index contributed by atoms with van der Waals surface area (Å²) >= 11 is 5.88. The molecule has 78 valence electrons. The molecule has 14 heavy (non-hydrogen) atoms. The molecule has 0 amide bonds. The van der Waals surface area contributed by atoms with Gasteiger partial charge in [0.2, 0.25) is 0 Å². The van der Waals surface area contributed by atoms with Crippen LogP contribution in [-0.2, 0) is 0 Å². The summed E-state index contributed by atoms with van der Waals surface area (Å²) in [6.45, 7) is 4.43. The third-order valence-corrected chi connectivity index (χ3v) is 2.34. The zero-order valence-electron chi connectivity index (χ0n) is 8.38. The van der Waals surface area contributed by atoms with Gasteiger partial charge in [-0.1, -0.05) is 11.6 Å². The van der Waals surface area contributed by atoms with E-state index in [1.807, 2.05) is 32.0 Å². The Morgan fingerprint density at radius 1 is 1.57 bits per heavy atom. The maximum atomic E-state index is 5.88. The second kappa shape index (κ2) is 5.20. The summed E-state index contributed by atoms with van der Waals surface area (Å²) in [5.74, 6) is 6.05. The Bertz CT molecular complexity index is 304. The number of hydrazine groups is 1. The predicted molar refractivity (Wildman–Crippen MR) is 58.5 cm³/mol. The lowest BCUT2D eigenvalue weighted by atomic mass is 10.2. The van der Waals surface area contributed by atoms with E-state index >= 15 is 0 Å². The minimum absolute atomic E-state index is 0.131. The van der Waals surface area contributed by atoms with Crippen LogP contribution >= 0.6 is 11.6 Å². The molecule has 0 bridgehead atoms. The largest absolute Gasteiger partial charge is 0.492 e. The number of hydrogen-bond donors (Lipinski definition) is 2. The van der Waals surface area contributed by atoms with Crippen molar-refractivity contribution >= 4 is 11.6 Å². The molecule has 3 nitrogen and oxygen atoms in total. The molecule has 4 heteroatoms. The summed E-state index contributed by atoms with van der Waals surface area (Å²) in [7, 11) is 0. The van der Waals surface area contributed by atoms with Crippen LogP contribution in [0.5, 0.6) is 5.75 Å². The maximum absolute atomic E-state index is 5.88. The highest BCUT2D eigenvalue weighted by Crippen LogP contribution is 2.20. The Hall–Kier alpha value is -0.770. The summed E-state index contributed by atoms with van der Waals surface area (Å²) in [6.07, 6.45) is 0. The second-order valence-electron chi connectivity index (χ2n) is 3.29. The van der Waals surface area contributed by atoms with E-state index in [0.29, 0.717) is 6.61 Å². The molecule has 0 heterocycles.